The molecular formula is C17H17N3O. The fourth-order valence-corrected chi connectivity index (χ4v) is 1.81. The first-order valence-electron chi connectivity index (χ1n) is 6.68. The van der Waals surface area contributed by atoms with Crippen LogP contribution in [-0.4, -0.2) is 17.4 Å². The van der Waals surface area contributed by atoms with Gasteiger partial charge in [0.15, 0.2) is 0 Å². The van der Waals surface area contributed by atoms with Crippen LogP contribution in [0.5, 0.6) is 0 Å². The number of rotatable bonds is 3. The van der Waals surface area contributed by atoms with Crippen LogP contribution in [0.4, 0.5) is 5.82 Å². The molecule has 4 heteroatoms. The second-order valence-electron chi connectivity index (χ2n) is 4.65. The van der Waals surface area contributed by atoms with E-state index in [4.69, 9.17) is 5.73 Å². The van der Waals surface area contributed by atoms with Gasteiger partial charge in [0.1, 0.15) is 5.82 Å². The molecule has 0 bridgehead atoms. The Bertz CT molecular complexity index is 681. The van der Waals surface area contributed by atoms with Gasteiger partial charge in [-0.2, -0.15) is 0 Å². The Morgan fingerprint density at radius 2 is 2.05 bits per heavy atom. The average molecular weight is 279 g/mol. The Morgan fingerprint density at radius 3 is 2.76 bits per heavy atom. The van der Waals surface area contributed by atoms with E-state index in [1.165, 1.54) is 5.56 Å². The Kier molecular flexibility index (Phi) is 5.08. The van der Waals surface area contributed by atoms with Gasteiger partial charge in [-0.1, -0.05) is 41.7 Å². The van der Waals surface area contributed by atoms with E-state index in [1.807, 2.05) is 31.2 Å². The molecule has 2 rings (SSSR count). The van der Waals surface area contributed by atoms with Crippen LogP contribution in [-0.2, 0) is 11.2 Å². The molecule has 4 nitrogen and oxygen atoms in total. The minimum absolute atomic E-state index is 0.102. The second-order valence-corrected chi connectivity index (χ2v) is 4.65. The van der Waals surface area contributed by atoms with E-state index in [1.54, 1.807) is 18.3 Å². The number of hydrogen-bond donors (Lipinski definition) is 2. The van der Waals surface area contributed by atoms with E-state index in [9.17, 15) is 4.79 Å². The summed E-state index contributed by atoms with van der Waals surface area (Å²) in [6.07, 6.45) is 1.93. The molecule has 0 fully saturated rings. The monoisotopic (exact) mass is 279 g/mol. The number of benzene rings is 1. The average Bonchev–Trinajstić information content (AvgIpc) is 2.48. The van der Waals surface area contributed by atoms with Crippen molar-refractivity contribution in [2.45, 2.75) is 13.3 Å². The highest BCUT2D eigenvalue weighted by molar-refractivity contribution is 5.91. The topological polar surface area (TPSA) is 68.0 Å². The first-order valence-corrected chi connectivity index (χ1v) is 6.68. The number of nitrogens with two attached hydrogens (primary N) is 1. The third kappa shape index (κ3) is 4.75. The van der Waals surface area contributed by atoms with Crippen molar-refractivity contribution in [1.29, 1.82) is 0 Å². The van der Waals surface area contributed by atoms with Crippen LogP contribution in [0, 0.1) is 18.8 Å². The van der Waals surface area contributed by atoms with Gasteiger partial charge in [-0.05, 0) is 24.6 Å². The minimum atomic E-state index is -0.102. The van der Waals surface area contributed by atoms with Crippen LogP contribution in [0.1, 0.15) is 16.7 Å². The summed E-state index contributed by atoms with van der Waals surface area (Å²) in [5.74, 6) is 6.07. The van der Waals surface area contributed by atoms with Gasteiger partial charge in [-0.25, -0.2) is 4.98 Å². The molecule has 21 heavy (non-hydrogen) atoms. The van der Waals surface area contributed by atoms with Crippen LogP contribution in [0.15, 0.2) is 42.6 Å². The lowest BCUT2D eigenvalue weighted by atomic mass is 10.1. The summed E-state index contributed by atoms with van der Waals surface area (Å²) in [6, 6.07) is 11.4. The molecule has 1 aromatic heterocycles. The van der Waals surface area contributed by atoms with Gasteiger partial charge in [0, 0.05) is 11.8 Å². The molecule has 3 N–H and O–H groups in total. The van der Waals surface area contributed by atoms with Crippen LogP contribution in [0.3, 0.4) is 0 Å². The zero-order chi connectivity index (χ0) is 15.1. The number of aromatic nitrogens is 1. The van der Waals surface area contributed by atoms with Crippen molar-refractivity contribution in [3.05, 3.63) is 59.3 Å². The summed E-state index contributed by atoms with van der Waals surface area (Å²) >= 11 is 0. The summed E-state index contributed by atoms with van der Waals surface area (Å²) < 4.78 is 0. The van der Waals surface area contributed by atoms with Gasteiger partial charge < -0.3 is 11.1 Å². The van der Waals surface area contributed by atoms with E-state index >= 15 is 0 Å². The molecule has 0 spiro atoms. The lowest BCUT2D eigenvalue weighted by molar-refractivity contribution is -0.115. The third-order valence-corrected chi connectivity index (χ3v) is 2.85. The number of carbonyl (C=O) groups is 1. The van der Waals surface area contributed by atoms with Crippen molar-refractivity contribution in [1.82, 2.24) is 4.98 Å². The van der Waals surface area contributed by atoms with Gasteiger partial charge in [-0.3, -0.25) is 4.79 Å². The number of nitrogens with one attached hydrogen (secondary N) is 1. The van der Waals surface area contributed by atoms with Crippen molar-refractivity contribution in [3.8, 4) is 11.8 Å². The summed E-state index contributed by atoms with van der Waals surface area (Å²) in [6.45, 7) is 2.32. The van der Waals surface area contributed by atoms with Gasteiger partial charge in [0.2, 0.25) is 5.91 Å². The van der Waals surface area contributed by atoms with Crippen LogP contribution >= 0.6 is 0 Å². The summed E-state index contributed by atoms with van der Waals surface area (Å²) in [4.78, 5) is 16.1. The zero-order valence-electron chi connectivity index (χ0n) is 11.9. The second kappa shape index (κ2) is 7.22. The highest BCUT2D eigenvalue weighted by Crippen LogP contribution is 2.08. The highest BCUT2D eigenvalue weighted by Gasteiger charge is 2.05. The lowest BCUT2D eigenvalue weighted by Gasteiger charge is -2.05. The number of anilines is 1. The molecule has 0 saturated heterocycles. The van der Waals surface area contributed by atoms with Crippen LogP contribution in [0.2, 0.25) is 0 Å². The molecule has 106 valence electrons. The molecule has 1 heterocycles. The highest BCUT2D eigenvalue weighted by atomic mass is 16.1. The number of carbonyl (C=O) groups excluding carboxylic acids is 1. The Morgan fingerprint density at radius 1 is 1.29 bits per heavy atom. The fourth-order valence-electron chi connectivity index (χ4n) is 1.81. The Balaban J connectivity index is 2.00. The van der Waals surface area contributed by atoms with Crippen LogP contribution < -0.4 is 11.1 Å². The number of aryl methyl sites for hydroxylation is 1. The van der Waals surface area contributed by atoms with E-state index in [-0.39, 0.29) is 5.91 Å². The Labute approximate surface area is 124 Å². The molecule has 0 saturated carbocycles. The largest absolute Gasteiger partial charge is 0.320 e. The molecule has 0 unspecified atom stereocenters. The zero-order valence-corrected chi connectivity index (χ0v) is 11.9. The lowest BCUT2D eigenvalue weighted by Crippen LogP contribution is -2.15. The van der Waals surface area contributed by atoms with Crippen LogP contribution in [0.25, 0.3) is 0 Å². The van der Waals surface area contributed by atoms with E-state index < -0.39 is 0 Å². The van der Waals surface area contributed by atoms with Gasteiger partial charge in [0.05, 0.1) is 13.0 Å². The van der Waals surface area contributed by atoms with Gasteiger partial charge in [-0.15, -0.1) is 0 Å². The molecule has 2 aromatic rings. The van der Waals surface area contributed by atoms with Crippen molar-refractivity contribution < 1.29 is 4.79 Å². The predicted molar refractivity (Wildman–Crippen MR) is 83.7 cm³/mol. The SMILES string of the molecule is Cc1ccc(CC(=O)Nc2cc(C#CCN)ccn2)cc1. The quantitative estimate of drug-likeness (QED) is 0.843. The summed E-state index contributed by atoms with van der Waals surface area (Å²) in [7, 11) is 0. The predicted octanol–water partition coefficient (Wildman–Crippen LogP) is 1.88. The van der Waals surface area contributed by atoms with Crippen molar-refractivity contribution in [2.24, 2.45) is 5.73 Å². The Hall–Kier alpha value is -2.64. The molecular weight excluding hydrogens is 262 g/mol. The minimum Gasteiger partial charge on any atom is -0.320 e. The molecule has 0 atom stereocenters. The standard InChI is InChI=1S/C17H17N3O/c1-13-4-6-15(7-5-13)12-17(21)20-16-11-14(3-2-9-18)8-10-19-16/h4-8,10-11H,9,12,18H2,1H3,(H,19,20,21). The number of hydrogen-bond acceptors (Lipinski definition) is 3. The maximum atomic E-state index is 12.0. The smallest absolute Gasteiger partial charge is 0.229 e. The number of amides is 1. The fraction of sp³-hybridized carbons (Fsp3) is 0.176. The molecule has 1 amide bonds. The van der Waals surface area contributed by atoms with E-state index in [2.05, 4.69) is 22.1 Å². The molecule has 0 aliphatic rings. The molecule has 0 aliphatic carbocycles. The summed E-state index contributed by atoms with van der Waals surface area (Å²) in [5.41, 5.74) is 8.25. The third-order valence-electron chi connectivity index (χ3n) is 2.85. The van der Waals surface area contributed by atoms with E-state index in [0.29, 0.717) is 18.8 Å². The molecule has 0 aliphatic heterocycles. The van der Waals surface area contributed by atoms with Crippen molar-refractivity contribution in [3.63, 3.8) is 0 Å². The normalized spacial score (nSPS) is 9.62. The van der Waals surface area contributed by atoms with Crippen molar-refractivity contribution >= 4 is 11.7 Å². The number of pyridine rings is 1. The first kappa shape index (κ1) is 14.8. The molecule has 1 aromatic carbocycles. The number of nitrogens with zero attached hydrogens (tertiary/aromatic N) is 1. The summed E-state index contributed by atoms with van der Waals surface area (Å²) in [5, 5.41) is 2.77. The maximum Gasteiger partial charge on any atom is 0.229 e. The van der Waals surface area contributed by atoms with Crippen molar-refractivity contribution in [2.75, 3.05) is 11.9 Å². The first-order chi connectivity index (χ1) is 10.2. The van der Waals surface area contributed by atoms with E-state index in [0.717, 1.165) is 11.1 Å². The van der Waals surface area contributed by atoms with Gasteiger partial charge >= 0.3 is 0 Å². The maximum absolute atomic E-state index is 12.0. The molecule has 0 radical (unpaired) electrons. The van der Waals surface area contributed by atoms with Gasteiger partial charge in [0.25, 0.3) is 0 Å².